The average molecular weight is 376 g/mol. The number of aromatic nitrogens is 2. The van der Waals surface area contributed by atoms with E-state index in [-0.39, 0.29) is 6.03 Å². The van der Waals surface area contributed by atoms with E-state index in [4.69, 9.17) is 4.98 Å². The van der Waals surface area contributed by atoms with Crippen LogP contribution in [0.4, 0.5) is 16.3 Å². The molecule has 0 unspecified atom stereocenters. The smallest absolute Gasteiger partial charge is 0.319 e. The van der Waals surface area contributed by atoms with Crippen LogP contribution >= 0.6 is 11.8 Å². The van der Waals surface area contributed by atoms with Crippen molar-refractivity contribution in [2.24, 2.45) is 0 Å². The van der Waals surface area contributed by atoms with E-state index < -0.39 is 0 Å². The third-order valence-electron chi connectivity index (χ3n) is 3.82. The van der Waals surface area contributed by atoms with Crippen molar-refractivity contribution in [3.63, 3.8) is 0 Å². The van der Waals surface area contributed by atoms with E-state index in [1.165, 1.54) is 0 Å². The average Bonchev–Trinajstić information content (AvgIpc) is 2.62. The Balaban J connectivity index is 2.29. The molecule has 2 amide bonds. The van der Waals surface area contributed by atoms with Gasteiger partial charge in [0.25, 0.3) is 0 Å². The van der Waals surface area contributed by atoms with E-state index in [2.05, 4.69) is 34.8 Å². The molecule has 0 aliphatic heterocycles. The molecule has 0 saturated carbocycles. The van der Waals surface area contributed by atoms with Crippen LogP contribution in [0.15, 0.2) is 23.4 Å². The fourth-order valence-electron chi connectivity index (χ4n) is 2.41. The maximum Gasteiger partial charge on any atom is 0.319 e. The minimum absolute atomic E-state index is 0.208. The Morgan fingerprint density at radius 2 is 1.92 bits per heavy atom. The number of carbonyl (C=O) groups excluding carboxylic acids is 1. The zero-order valence-corrected chi connectivity index (χ0v) is 16.7. The third kappa shape index (κ3) is 6.05. The summed E-state index contributed by atoms with van der Waals surface area (Å²) in [4.78, 5) is 21.2. The van der Waals surface area contributed by atoms with Crippen molar-refractivity contribution in [2.45, 2.75) is 51.6 Å². The first kappa shape index (κ1) is 20.3. The van der Waals surface area contributed by atoms with Gasteiger partial charge in [-0.2, -0.15) is 0 Å². The van der Waals surface area contributed by atoms with Crippen molar-refractivity contribution in [3.05, 3.63) is 18.2 Å². The summed E-state index contributed by atoms with van der Waals surface area (Å²) in [6.07, 6.45) is 4.52. The molecule has 7 heteroatoms. The summed E-state index contributed by atoms with van der Waals surface area (Å²) in [6.45, 7) is 7.70. The molecule has 0 bridgehead atoms. The van der Waals surface area contributed by atoms with Gasteiger partial charge in [-0.25, -0.2) is 14.8 Å². The first-order valence-electron chi connectivity index (χ1n) is 9.41. The van der Waals surface area contributed by atoms with Crippen LogP contribution in [0.1, 0.15) is 46.5 Å². The van der Waals surface area contributed by atoms with Crippen molar-refractivity contribution >= 4 is 40.2 Å². The van der Waals surface area contributed by atoms with Gasteiger partial charge in [-0.3, -0.25) is 0 Å². The minimum Gasteiger partial charge on any atom is -0.369 e. The lowest BCUT2D eigenvalue weighted by atomic mass is 10.2. The number of nitrogens with zero attached hydrogens (tertiary/aromatic N) is 2. The summed E-state index contributed by atoms with van der Waals surface area (Å²) in [5.74, 6) is 1.86. The van der Waals surface area contributed by atoms with E-state index in [1.807, 2.05) is 25.1 Å². The molecule has 0 aliphatic rings. The van der Waals surface area contributed by atoms with Gasteiger partial charge in [0.15, 0.2) is 5.16 Å². The van der Waals surface area contributed by atoms with Crippen LogP contribution in [0, 0.1) is 0 Å². The second-order valence-corrected chi connectivity index (χ2v) is 7.12. The van der Waals surface area contributed by atoms with Gasteiger partial charge in [-0.05, 0) is 38.0 Å². The van der Waals surface area contributed by atoms with Gasteiger partial charge < -0.3 is 16.0 Å². The standard InChI is InChI=1S/C19H29N5OS/c1-4-7-11-21-17-15-13-14(22-18(25)20-6-3)9-10-16(15)23-19(24-17)26-12-8-5-2/h9-10,13H,4-8,11-12H2,1-3H3,(H2,20,22,25)(H,21,23,24). The maximum absolute atomic E-state index is 11.8. The zero-order chi connectivity index (χ0) is 18.8. The molecule has 0 fully saturated rings. The summed E-state index contributed by atoms with van der Waals surface area (Å²) < 4.78 is 0. The number of fused-ring (bicyclic) bond motifs is 1. The van der Waals surface area contributed by atoms with E-state index in [0.717, 1.165) is 65.5 Å². The molecule has 2 aromatic rings. The fraction of sp³-hybridized carbons (Fsp3) is 0.526. The number of nitrogens with one attached hydrogen (secondary N) is 3. The number of urea groups is 1. The molecule has 0 saturated heterocycles. The predicted molar refractivity (Wildman–Crippen MR) is 111 cm³/mol. The number of unbranched alkanes of at least 4 members (excludes halogenated alkanes) is 2. The molecule has 1 heterocycles. The van der Waals surface area contributed by atoms with Crippen LogP contribution in [-0.4, -0.2) is 34.8 Å². The minimum atomic E-state index is -0.208. The van der Waals surface area contributed by atoms with Gasteiger partial charge in [-0.15, -0.1) is 0 Å². The molecule has 0 atom stereocenters. The monoisotopic (exact) mass is 375 g/mol. The van der Waals surface area contributed by atoms with Crippen LogP contribution in [0.3, 0.4) is 0 Å². The first-order chi connectivity index (χ1) is 12.7. The quantitative estimate of drug-likeness (QED) is 0.313. The largest absolute Gasteiger partial charge is 0.369 e. The molecule has 26 heavy (non-hydrogen) atoms. The molecule has 0 spiro atoms. The second-order valence-electron chi connectivity index (χ2n) is 6.05. The lowest BCUT2D eigenvalue weighted by molar-refractivity contribution is 0.252. The van der Waals surface area contributed by atoms with Gasteiger partial charge in [0, 0.05) is 29.9 Å². The van der Waals surface area contributed by atoms with E-state index >= 15 is 0 Å². The number of hydrogen-bond donors (Lipinski definition) is 3. The zero-order valence-electron chi connectivity index (χ0n) is 15.9. The molecule has 1 aromatic carbocycles. The number of carbonyl (C=O) groups is 1. The third-order valence-corrected chi connectivity index (χ3v) is 4.76. The SMILES string of the molecule is CCCCNc1nc(SCCCC)nc2ccc(NC(=O)NCC)cc12. The molecular weight excluding hydrogens is 346 g/mol. The molecule has 3 N–H and O–H groups in total. The summed E-state index contributed by atoms with van der Waals surface area (Å²) in [7, 11) is 0. The Morgan fingerprint density at radius 3 is 2.65 bits per heavy atom. The van der Waals surface area contributed by atoms with Crippen molar-refractivity contribution in [2.75, 3.05) is 29.5 Å². The Bertz CT molecular complexity index is 722. The Hall–Kier alpha value is -2.02. The molecule has 2 rings (SSSR count). The summed E-state index contributed by atoms with van der Waals surface area (Å²) in [5.41, 5.74) is 1.62. The highest BCUT2D eigenvalue weighted by molar-refractivity contribution is 7.99. The highest BCUT2D eigenvalue weighted by Crippen LogP contribution is 2.27. The number of hydrogen-bond acceptors (Lipinski definition) is 5. The number of anilines is 2. The van der Waals surface area contributed by atoms with Crippen LogP contribution in [0.25, 0.3) is 10.9 Å². The van der Waals surface area contributed by atoms with Gasteiger partial charge in [0.05, 0.1) is 5.52 Å². The van der Waals surface area contributed by atoms with E-state index in [0.29, 0.717) is 6.54 Å². The van der Waals surface area contributed by atoms with Crippen molar-refractivity contribution < 1.29 is 4.79 Å². The molecule has 142 valence electrons. The highest BCUT2D eigenvalue weighted by Gasteiger charge is 2.10. The van der Waals surface area contributed by atoms with Crippen LogP contribution < -0.4 is 16.0 Å². The van der Waals surface area contributed by atoms with Crippen LogP contribution in [0.5, 0.6) is 0 Å². The van der Waals surface area contributed by atoms with Crippen LogP contribution in [0.2, 0.25) is 0 Å². The predicted octanol–water partition coefficient (Wildman–Crippen LogP) is 4.88. The Kier molecular flexibility index (Phi) is 8.47. The molecule has 0 radical (unpaired) electrons. The Labute approximate surface area is 160 Å². The normalized spacial score (nSPS) is 10.7. The number of benzene rings is 1. The lowest BCUT2D eigenvalue weighted by Crippen LogP contribution is -2.28. The first-order valence-corrected chi connectivity index (χ1v) is 10.4. The van der Waals surface area contributed by atoms with Crippen molar-refractivity contribution in [3.8, 4) is 0 Å². The molecule has 1 aromatic heterocycles. The van der Waals surface area contributed by atoms with E-state index in [1.54, 1.807) is 11.8 Å². The summed E-state index contributed by atoms with van der Waals surface area (Å²) >= 11 is 1.69. The summed E-state index contributed by atoms with van der Waals surface area (Å²) in [5, 5.41) is 10.7. The van der Waals surface area contributed by atoms with Crippen molar-refractivity contribution in [1.82, 2.24) is 15.3 Å². The fourth-order valence-corrected chi connectivity index (χ4v) is 3.35. The molecule has 6 nitrogen and oxygen atoms in total. The number of rotatable bonds is 10. The van der Waals surface area contributed by atoms with Gasteiger partial charge in [0.2, 0.25) is 0 Å². The van der Waals surface area contributed by atoms with Crippen LogP contribution in [-0.2, 0) is 0 Å². The lowest BCUT2D eigenvalue weighted by Gasteiger charge is -2.12. The van der Waals surface area contributed by atoms with Crippen molar-refractivity contribution in [1.29, 1.82) is 0 Å². The van der Waals surface area contributed by atoms with Gasteiger partial charge >= 0.3 is 6.03 Å². The molecular formula is C19H29N5OS. The maximum atomic E-state index is 11.8. The van der Waals surface area contributed by atoms with Gasteiger partial charge in [-0.1, -0.05) is 38.5 Å². The number of amides is 2. The topological polar surface area (TPSA) is 78.9 Å². The highest BCUT2D eigenvalue weighted by atomic mass is 32.2. The second kappa shape index (κ2) is 10.9. The number of thioether (sulfide) groups is 1. The van der Waals surface area contributed by atoms with Gasteiger partial charge in [0.1, 0.15) is 5.82 Å². The molecule has 0 aliphatic carbocycles. The summed E-state index contributed by atoms with van der Waals surface area (Å²) in [6, 6.07) is 5.54. The van der Waals surface area contributed by atoms with E-state index in [9.17, 15) is 4.79 Å². The Morgan fingerprint density at radius 1 is 1.12 bits per heavy atom.